The molecule has 1 aliphatic rings. The maximum absolute atomic E-state index is 11.4. The highest BCUT2D eigenvalue weighted by Gasteiger charge is 2.30. The normalized spacial score (nSPS) is 14.5. The van der Waals surface area contributed by atoms with Crippen LogP contribution in [-0.4, -0.2) is 22.0 Å². The van der Waals surface area contributed by atoms with Crippen molar-refractivity contribution in [1.82, 2.24) is 4.90 Å². The quantitative estimate of drug-likeness (QED) is 0.804. The van der Waals surface area contributed by atoms with Gasteiger partial charge in [-0.2, -0.15) is 11.3 Å². The first-order chi connectivity index (χ1) is 10.1. The first-order valence-electron chi connectivity index (χ1n) is 7.01. The predicted octanol–water partition coefficient (Wildman–Crippen LogP) is 3.19. The van der Waals surface area contributed by atoms with Gasteiger partial charge in [-0.3, -0.25) is 4.90 Å². The lowest BCUT2D eigenvalue weighted by molar-refractivity contribution is 0.0695. The van der Waals surface area contributed by atoms with Gasteiger partial charge < -0.3 is 10.8 Å². The van der Waals surface area contributed by atoms with Crippen LogP contribution in [-0.2, 0) is 13.1 Å². The summed E-state index contributed by atoms with van der Waals surface area (Å²) in [6.07, 6.45) is 2.38. The molecule has 21 heavy (non-hydrogen) atoms. The summed E-state index contributed by atoms with van der Waals surface area (Å²) in [7, 11) is 0. The molecule has 0 saturated heterocycles. The molecule has 110 valence electrons. The van der Waals surface area contributed by atoms with E-state index in [0.717, 1.165) is 12.1 Å². The van der Waals surface area contributed by atoms with Crippen LogP contribution in [0.3, 0.4) is 0 Å². The van der Waals surface area contributed by atoms with E-state index < -0.39 is 5.97 Å². The van der Waals surface area contributed by atoms with Gasteiger partial charge in [0.1, 0.15) is 0 Å². The summed E-state index contributed by atoms with van der Waals surface area (Å²) >= 11 is 1.69. The molecule has 1 fully saturated rings. The third-order valence-corrected chi connectivity index (χ3v) is 4.53. The lowest BCUT2D eigenvalue weighted by Gasteiger charge is -2.23. The number of anilines is 1. The van der Waals surface area contributed by atoms with E-state index in [0.29, 0.717) is 18.3 Å². The molecule has 0 atom stereocenters. The highest BCUT2D eigenvalue weighted by molar-refractivity contribution is 7.07. The summed E-state index contributed by atoms with van der Waals surface area (Å²) in [5.74, 6) is -0.950. The number of nitrogen functional groups attached to an aromatic ring is 1. The lowest BCUT2D eigenvalue weighted by atomic mass is 10.0. The molecule has 1 aliphatic carbocycles. The molecule has 2 aromatic rings. The van der Waals surface area contributed by atoms with Gasteiger partial charge >= 0.3 is 5.97 Å². The van der Waals surface area contributed by atoms with Gasteiger partial charge in [0.15, 0.2) is 0 Å². The van der Waals surface area contributed by atoms with E-state index in [1.165, 1.54) is 18.4 Å². The lowest BCUT2D eigenvalue weighted by Crippen LogP contribution is -2.26. The minimum Gasteiger partial charge on any atom is -0.478 e. The zero-order valence-corrected chi connectivity index (χ0v) is 12.5. The van der Waals surface area contributed by atoms with Crippen molar-refractivity contribution in [2.75, 3.05) is 5.73 Å². The van der Waals surface area contributed by atoms with E-state index in [4.69, 9.17) is 5.73 Å². The van der Waals surface area contributed by atoms with E-state index in [2.05, 4.69) is 21.7 Å². The molecule has 1 aromatic heterocycles. The number of carbonyl (C=O) groups is 1. The van der Waals surface area contributed by atoms with E-state index in [9.17, 15) is 9.90 Å². The van der Waals surface area contributed by atoms with Gasteiger partial charge in [0.25, 0.3) is 0 Å². The van der Waals surface area contributed by atoms with Crippen molar-refractivity contribution < 1.29 is 9.90 Å². The van der Waals surface area contributed by atoms with Crippen LogP contribution in [0.15, 0.2) is 35.0 Å². The second-order valence-corrected chi connectivity index (χ2v) is 6.23. The minimum absolute atomic E-state index is 0.244. The van der Waals surface area contributed by atoms with Gasteiger partial charge in [-0.1, -0.05) is 12.1 Å². The summed E-state index contributed by atoms with van der Waals surface area (Å²) in [5, 5.41) is 13.6. The van der Waals surface area contributed by atoms with Crippen LogP contribution < -0.4 is 5.73 Å². The van der Waals surface area contributed by atoms with Gasteiger partial charge in [-0.25, -0.2) is 4.79 Å². The number of aromatic carboxylic acids is 1. The third-order valence-electron chi connectivity index (χ3n) is 3.80. The molecular formula is C16H18N2O2S. The molecule has 3 rings (SSSR count). The number of benzene rings is 1. The standard InChI is InChI=1S/C16H18N2O2S/c17-14-3-1-2-12(15(14)16(19)20)9-18(13-4-5-13)8-11-6-7-21-10-11/h1-3,6-7,10,13H,4-5,8-9,17H2,(H,19,20). The van der Waals surface area contributed by atoms with Gasteiger partial charge in [0.05, 0.1) is 5.56 Å². The number of carboxylic acids is 1. The molecule has 0 radical (unpaired) electrons. The topological polar surface area (TPSA) is 66.6 Å². The summed E-state index contributed by atoms with van der Waals surface area (Å²) < 4.78 is 0. The van der Waals surface area contributed by atoms with E-state index in [1.807, 2.05) is 12.1 Å². The van der Waals surface area contributed by atoms with Crippen LogP contribution in [0, 0.1) is 0 Å². The number of hydrogen-bond acceptors (Lipinski definition) is 4. The molecule has 4 nitrogen and oxygen atoms in total. The minimum atomic E-state index is -0.950. The molecule has 3 N–H and O–H groups in total. The van der Waals surface area contributed by atoms with Crippen molar-refractivity contribution in [1.29, 1.82) is 0 Å². The Hall–Kier alpha value is -1.85. The molecule has 0 spiro atoms. The Morgan fingerprint density at radius 3 is 2.76 bits per heavy atom. The van der Waals surface area contributed by atoms with Crippen LogP contribution in [0.2, 0.25) is 0 Å². The Kier molecular flexibility index (Phi) is 3.94. The number of carboxylic acid groups (broad SMARTS) is 1. The number of nitrogens with zero attached hydrogens (tertiary/aromatic N) is 1. The molecule has 0 aliphatic heterocycles. The molecular weight excluding hydrogens is 284 g/mol. The Labute approximate surface area is 127 Å². The fraction of sp³-hybridized carbons (Fsp3) is 0.312. The number of thiophene rings is 1. The summed E-state index contributed by atoms with van der Waals surface area (Å²) in [4.78, 5) is 13.8. The monoisotopic (exact) mass is 302 g/mol. The Bertz CT molecular complexity index is 636. The fourth-order valence-electron chi connectivity index (χ4n) is 2.60. The van der Waals surface area contributed by atoms with E-state index >= 15 is 0 Å². The Balaban J connectivity index is 1.83. The molecule has 1 heterocycles. The Morgan fingerprint density at radius 1 is 1.33 bits per heavy atom. The van der Waals surface area contributed by atoms with Crippen LogP contribution in [0.25, 0.3) is 0 Å². The van der Waals surface area contributed by atoms with Crippen molar-refractivity contribution in [2.45, 2.75) is 32.0 Å². The van der Waals surface area contributed by atoms with Crippen LogP contribution in [0.1, 0.15) is 34.3 Å². The molecule has 1 aromatic carbocycles. The maximum Gasteiger partial charge on any atom is 0.338 e. The van der Waals surface area contributed by atoms with Gasteiger partial charge in [0.2, 0.25) is 0 Å². The number of hydrogen-bond donors (Lipinski definition) is 2. The first kappa shape index (κ1) is 14.1. The summed E-state index contributed by atoms with van der Waals surface area (Å²) in [6, 6.07) is 8.02. The van der Waals surface area contributed by atoms with Gasteiger partial charge in [-0.15, -0.1) is 0 Å². The highest BCUT2D eigenvalue weighted by atomic mass is 32.1. The van der Waals surface area contributed by atoms with E-state index in [1.54, 1.807) is 17.4 Å². The smallest absolute Gasteiger partial charge is 0.338 e. The molecule has 5 heteroatoms. The molecule has 0 bridgehead atoms. The van der Waals surface area contributed by atoms with Crippen LogP contribution >= 0.6 is 11.3 Å². The molecule has 0 amide bonds. The number of rotatable bonds is 6. The third kappa shape index (κ3) is 3.25. The maximum atomic E-state index is 11.4. The zero-order chi connectivity index (χ0) is 14.8. The van der Waals surface area contributed by atoms with E-state index in [-0.39, 0.29) is 5.56 Å². The predicted molar refractivity (Wildman–Crippen MR) is 84.4 cm³/mol. The van der Waals surface area contributed by atoms with Crippen molar-refractivity contribution in [3.63, 3.8) is 0 Å². The Morgan fingerprint density at radius 2 is 2.14 bits per heavy atom. The van der Waals surface area contributed by atoms with Gasteiger partial charge in [-0.05, 0) is 46.9 Å². The van der Waals surface area contributed by atoms with Crippen molar-refractivity contribution in [3.8, 4) is 0 Å². The highest BCUT2D eigenvalue weighted by Crippen LogP contribution is 2.31. The molecule has 1 saturated carbocycles. The SMILES string of the molecule is Nc1cccc(CN(Cc2ccsc2)C2CC2)c1C(=O)O. The fourth-order valence-corrected chi connectivity index (χ4v) is 3.26. The second kappa shape index (κ2) is 5.87. The average molecular weight is 302 g/mol. The summed E-state index contributed by atoms with van der Waals surface area (Å²) in [5.41, 5.74) is 8.49. The largest absolute Gasteiger partial charge is 0.478 e. The van der Waals surface area contributed by atoms with Crippen molar-refractivity contribution in [3.05, 3.63) is 51.7 Å². The average Bonchev–Trinajstić information content (AvgIpc) is 3.16. The van der Waals surface area contributed by atoms with Crippen molar-refractivity contribution >= 4 is 23.0 Å². The van der Waals surface area contributed by atoms with Crippen LogP contribution in [0.5, 0.6) is 0 Å². The molecule has 0 unspecified atom stereocenters. The second-order valence-electron chi connectivity index (χ2n) is 5.45. The summed E-state index contributed by atoms with van der Waals surface area (Å²) in [6.45, 7) is 1.50. The zero-order valence-electron chi connectivity index (χ0n) is 11.7. The van der Waals surface area contributed by atoms with Crippen LogP contribution in [0.4, 0.5) is 5.69 Å². The first-order valence-corrected chi connectivity index (χ1v) is 7.95. The van der Waals surface area contributed by atoms with Crippen molar-refractivity contribution in [2.24, 2.45) is 0 Å². The van der Waals surface area contributed by atoms with Gasteiger partial charge in [0, 0.05) is 24.8 Å². The number of nitrogens with two attached hydrogens (primary N) is 1.